The zero-order valence-electron chi connectivity index (χ0n) is 16.6. The number of aliphatic imine (C=N–C) groups is 1. The van der Waals surface area contributed by atoms with Crippen LogP contribution < -0.4 is 10.0 Å². The van der Waals surface area contributed by atoms with Crippen molar-refractivity contribution < 1.29 is 21.4 Å². The van der Waals surface area contributed by atoms with Gasteiger partial charge in [-0.3, -0.25) is 4.99 Å². The molecule has 2 N–H and O–H groups in total. The highest BCUT2D eigenvalue weighted by molar-refractivity contribution is 14.0. The third-order valence-electron chi connectivity index (χ3n) is 4.30. The fourth-order valence-corrected chi connectivity index (χ4v) is 4.80. The van der Waals surface area contributed by atoms with E-state index in [1.54, 1.807) is 20.0 Å². The van der Waals surface area contributed by atoms with E-state index in [1.165, 1.54) is 10.6 Å². The van der Waals surface area contributed by atoms with Gasteiger partial charge in [0, 0.05) is 52.4 Å². The van der Waals surface area contributed by atoms with Crippen LogP contribution in [0.5, 0.6) is 0 Å². The maximum atomic E-state index is 12.5. The van der Waals surface area contributed by atoms with Crippen LogP contribution in [-0.2, 0) is 25.8 Å². The number of hydrogen-bond donors (Lipinski definition) is 2. The van der Waals surface area contributed by atoms with Gasteiger partial charge in [0.25, 0.3) is 0 Å². The first-order valence-electron chi connectivity index (χ1n) is 9.07. The second-order valence-electron chi connectivity index (χ2n) is 6.26. The molecular formula is C15H29IN6O5S2. The summed E-state index contributed by atoms with van der Waals surface area (Å²) in [6, 6.07) is 1.54. The smallest absolute Gasteiger partial charge is 0.220 e. The largest absolute Gasteiger partial charge is 0.364 e. The highest BCUT2D eigenvalue weighted by Crippen LogP contribution is 2.12. The third kappa shape index (κ3) is 8.35. The summed E-state index contributed by atoms with van der Waals surface area (Å²) in [7, 11) is -4.96. The van der Waals surface area contributed by atoms with Gasteiger partial charge in [0.1, 0.15) is 12.0 Å². The summed E-state index contributed by atoms with van der Waals surface area (Å²) < 4.78 is 56.4. The number of piperazine rings is 1. The van der Waals surface area contributed by atoms with Gasteiger partial charge < -0.3 is 14.7 Å². The van der Waals surface area contributed by atoms with Gasteiger partial charge in [0.15, 0.2) is 5.96 Å². The fraction of sp³-hybridized carbons (Fsp3) is 0.733. The maximum Gasteiger partial charge on any atom is 0.220 e. The van der Waals surface area contributed by atoms with E-state index in [0.29, 0.717) is 57.3 Å². The van der Waals surface area contributed by atoms with Gasteiger partial charge in [-0.25, -0.2) is 21.6 Å². The Hall–Kier alpha value is -0.970. The van der Waals surface area contributed by atoms with E-state index >= 15 is 0 Å². The number of sulfonamides is 2. The van der Waals surface area contributed by atoms with Crippen molar-refractivity contribution in [2.24, 2.45) is 4.99 Å². The molecule has 1 aliphatic heterocycles. The molecule has 0 spiro atoms. The SMILES string of the molecule is CCS(=O)(=O)NCCCNC(=NC)N1CCN(S(=O)(=O)Cc2ccon2)CC1.I. The molecule has 0 aromatic carbocycles. The van der Waals surface area contributed by atoms with Crippen LogP contribution in [0.15, 0.2) is 21.8 Å². The quantitative estimate of drug-likeness (QED) is 0.180. The summed E-state index contributed by atoms with van der Waals surface area (Å²) in [5.41, 5.74) is 0.388. The number of aromatic nitrogens is 1. The molecule has 2 heterocycles. The highest BCUT2D eigenvalue weighted by Gasteiger charge is 2.28. The first kappa shape index (κ1) is 26.1. The van der Waals surface area contributed by atoms with Crippen LogP contribution in [0.4, 0.5) is 0 Å². The molecule has 0 amide bonds. The fourth-order valence-electron chi connectivity index (χ4n) is 2.72. The molecule has 2 rings (SSSR count). The number of halogens is 1. The average molecular weight is 564 g/mol. The predicted molar refractivity (Wildman–Crippen MR) is 121 cm³/mol. The number of rotatable bonds is 9. The maximum absolute atomic E-state index is 12.5. The van der Waals surface area contributed by atoms with Crippen molar-refractivity contribution in [3.05, 3.63) is 18.0 Å². The molecule has 0 aliphatic carbocycles. The molecule has 1 fully saturated rings. The Balaban J connectivity index is 0.00000420. The average Bonchev–Trinajstić information content (AvgIpc) is 3.17. The minimum absolute atomic E-state index is 0. The van der Waals surface area contributed by atoms with Gasteiger partial charge >= 0.3 is 0 Å². The van der Waals surface area contributed by atoms with Crippen LogP contribution in [0, 0.1) is 0 Å². The van der Waals surface area contributed by atoms with Gasteiger partial charge in [-0.2, -0.15) is 4.31 Å². The molecule has 1 aliphatic rings. The summed E-state index contributed by atoms with van der Waals surface area (Å²) in [6.45, 7) is 4.25. The second-order valence-corrected chi connectivity index (χ2v) is 10.3. The van der Waals surface area contributed by atoms with Crippen molar-refractivity contribution >= 4 is 50.0 Å². The molecule has 168 valence electrons. The molecular weight excluding hydrogens is 535 g/mol. The second kappa shape index (κ2) is 12.0. The van der Waals surface area contributed by atoms with Crippen molar-refractivity contribution in [2.45, 2.75) is 19.1 Å². The molecule has 1 aromatic rings. The Morgan fingerprint density at radius 2 is 1.90 bits per heavy atom. The van der Waals surface area contributed by atoms with Crippen LogP contribution in [0.25, 0.3) is 0 Å². The molecule has 29 heavy (non-hydrogen) atoms. The van der Waals surface area contributed by atoms with Gasteiger partial charge in [-0.1, -0.05) is 5.16 Å². The van der Waals surface area contributed by atoms with Crippen LogP contribution >= 0.6 is 24.0 Å². The van der Waals surface area contributed by atoms with E-state index in [4.69, 9.17) is 0 Å². The van der Waals surface area contributed by atoms with E-state index in [2.05, 4.69) is 24.7 Å². The van der Waals surface area contributed by atoms with Crippen LogP contribution in [0.2, 0.25) is 0 Å². The molecule has 0 saturated carbocycles. The Morgan fingerprint density at radius 1 is 1.21 bits per heavy atom. The monoisotopic (exact) mass is 564 g/mol. The molecule has 11 nitrogen and oxygen atoms in total. The van der Waals surface area contributed by atoms with Crippen LogP contribution in [0.1, 0.15) is 19.0 Å². The predicted octanol–water partition coefficient (Wildman–Crippen LogP) is -0.355. The van der Waals surface area contributed by atoms with Crippen molar-refractivity contribution in [1.29, 1.82) is 0 Å². The summed E-state index contributed by atoms with van der Waals surface area (Å²) in [6.07, 6.45) is 1.97. The number of hydrogen-bond acceptors (Lipinski definition) is 7. The Bertz CT molecular complexity index is 837. The topological polar surface area (TPSA) is 137 Å². The Labute approximate surface area is 189 Å². The zero-order chi connectivity index (χ0) is 20.6. The van der Waals surface area contributed by atoms with Crippen molar-refractivity contribution in [3.63, 3.8) is 0 Å². The Kier molecular flexibility index (Phi) is 10.8. The first-order valence-corrected chi connectivity index (χ1v) is 12.3. The molecule has 0 atom stereocenters. The summed E-state index contributed by atoms with van der Waals surface area (Å²) in [4.78, 5) is 6.21. The van der Waals surface area contributed by atoms with Gasteiger partial charge in [0.2, 0.25) is 20.0 Å². The molecule has 0 bridgehead atoms. The van der Waals surface area contributed by atoms with Crippen LogP contribution in [-0.4, -0.2) is 89.2 Å². The summed E-state index contributed by atoms with van der Waals surface area (Å²) >= 11 is 0. The Morgan fingerprint density at radius 3 is 2.45 bits per heavy atom. The van der Waals surface area contributed by atoms with E-state index in [0.717, 1.165) is 0 Å². The lowest BCUT2D eigenvalue weighted by Crippen LogP contribution is -2.54. The van der Waals surface area contributed by atoms with E-state index in [9.17, 15) is 16.8 Å². The van der Waals surface area contributed by atoms with Gasteiger partial charge in [0.05, 0.1) is 11.4 Å². The molecule has 0 unspecified atom stereocenters. The zero-order valence-corrected chi connectivity index (χ0v) is 20.5. The van der Waals surface area contributed by atoms with Gasteiger partial charge in [-0.15, -0.1) is 24.0 Å². The minimum Gasteiger partial charge on any atom is -0.364 e. The lowest BCUT2D eigenvalue weighted by atomic mass is 10.4. The first-order chi connectivity index (χ1) is 13.3. The lowest BCUT2D eigenvalue weighted by molar-refractivity contribution is 0.260. The van der Waals surface area contributed by atoms with Crippen molar-refractivity contribution in [3.8, 4) is 0 Å². The van der Waals surface area contributed by atoms with Gasteiger partial charge in [-0.05, 0) is 13.3 Å². The number of nitrogens with zero attached hydrogens (tertiary/aromatic N) is 4. The molecule has 1 saturated heterocycles. The lowest BCUT2D eigenvalue weighted by Gasteiger charge is -2.35. The normalized spacial score (nSPS) is 16.5. The molecule has 0 radical (unpaired) electrons. The van der Waals surface area contributed by atoms with E-state index < -0.39 is 20.0 Å². The summed E-state index contributed by atoms with van der Waals surface area (Å²) in [5, 5.41) is 6.84. The van der Waals surface area contributed by atoms with Crippen molar-refractivity contribution in [1.82, 2.24) is 24.4 Å². The minimum atomic E-state index is -3.44. The summed E-state index contributed by atoms with van der Waals surface area (Å²) in [5.74, 6) is 0.558. The van der Waals surface area contributed by atoms with Crippen molar-refractivity contribution in [2.75, 3.05) is 52.1 Å². The van der Waals surface area contributed by atoms with Crippen LogP contribution in [0.3, 0.4) is 0 Å². The van der Waals surface area contributed by atoms with E-state index in [-0.39, 0.29) is 35.5 Å². The standard InChI is InChI=1S/C15H28N6O5S2.HI/c1-3-27(22,23)18-7-4-6-17-15(16-2)20-8-10-21(11-9-20)28(24,25)13-14-5-12-26-19-14;/h5,12,18H,3-4,6-11,13H2,1-2H3,(H,16,17);1H. The molecule has 1 aromatic heterocycles. The third-order valence-corrected chi connectivity index (χ3v) is 7.52. The highest BCUT2D eigenvalue weighted by atomic mass is 127. The van der Waals surface area contributed by atoms with E-state index in [1.807, 2.05) is 4.90 Å². The number of guanidine groups is 1. The molecule has 14 heteroatoms. The number of nitrogens with one attached hydrogen (secondary N) is 2.